The summed E-state index contributed by atoms with van der Waals surface area (Å²) >= 11 is 0. The normalized spacial score (nSPS) is 19.4. The minimum absolute atomic E-state index is 0.000209. The van der Waals surface area contributed by atoms with Crippen LogP contribution in [0.25, 0.3) is 44.1 Å². The van der Waals surface area contributed by atoms with Crippen molar-refractivity contribution in [3.8, 4) is 11.1 Å². The molecule has 12 heteroatoms. The van der Waals surface area contributed by atoms with Gasteiger partial charge < -0.3 is 29.6 Å². The minimum atomic E-state index is -1.30. The van der Waals surface area contributed by atoms with Gasteiger partial charge in [0.2, 0.25) is 5.43 Å². The number of carboxylic acid groups (broad SMARTS) is 1. The second-order valence-corrected chi connectivity index (χ2v) is 10.7. The van der Waals surface area contributed by atoms with Gasteiger partial charge in [-0.1, -0.05) is 0 Å². The van der Waals surface area contributed by atoms with Crippen molar-refractivity contribution < 1.29 is 19.0 Å². The highest BCUT2D eigenvalue weighted by Crippen LogP contribution is 2.43. The topological polar surface area (TPSA) is 129 Å². The number of carboxylic acids is 1. The number of carbonyl (C=O) groups is 1. The van der Waals surface area contributed by atoms with Crippen LogP contribution >= 0.6 is 0 Å². The van der Waals surface area contributed by atoms with Crippen molar-refractivity contribution in [1.82, 2.24) is 24.4 Å². The van der Waals surface area contributed by atoms with Crippen molar-refractivity contribution in [1.29, 1.82) is 0 Å². The Bertz CT molecular complexity index is 1950. The third-order valence-corrected chi connectivity index (χ3v) is 8.39. The van der Waals surface area contributed by atoms with Crippen LogP contribution in [0.15, 0.2) is 41.6 Å². The van der Waals surface area contributed by atoms with Crippen LogP contribution in [-0.2, 0) is 11.8 Å². The van der Waals surface area contributed by atoms with E-state index in [0.717, 1.165) is 23.1 Å². The molecule has 1 aromatic carbocycles. The summed E-state index contributed by atoms with van der Waals surface area (Å²) in [5.74, 6) is -1.68. The van der Waals surface area contributed by atoms with Crippen LogP contribution in [-0.4, -0.2) is 88.0 Å². The Hall–Kier alpha value is -4.55. The Balaban J connectivity index is 1.52. The lowest BCUT2D eigenvalue weighted by Gasteiger charge is -2.33. The first kappa shape index (κ1) is 25.4. The van der Waals surface area contributed by atoms with E-state index in [9.17, 15) is 19.1 Å². The van der Waals surface area contributed by atoms with Crippen molar-refractivity contribution >= 4 is 50.3 Å². The zero-order chi connectivity index (χ0) is 28.6. The Morgan fingerprint density at radius 1 is 1.17 bits per heavy atom. The van der Waals surface area contributed by atoms with Crippen molar-refractivity contribution in [3.05, 3.63) is 58.4 Å². The smallest absolute Gasteiger partial charge is 0.341 e. The quantitative estimate of drug-likeness (QED) is 0.305. The molecule has 0 saturated carbocycles. The number of morpholine rings is 1. The number of hydrogen-bond acceptors (Lipinski definition) is 8. The maximum Gasteiger partial charge on any atom is 0.341 e. The fourth-order valence-electron chi connectivity index (χ4n) is 6.35. The number of rotatable bonds is 4. The molecule has 2 saturated heterocycles. The predicted octanol–water partition coefficient (Wildman–Crippen LogP) is 3.03. The van der Waals surface area contributed by atoms with E-state index < -0.39 is 11.4 Å². The van der Waals surface area contributed by atoms with Crippen molar-refractivity contribution in [2.24, 2.45) is 7.05 Å². The van der Waals surface area contributed by atoms with Gasteiger partial charge in [0, 0.05) is 68.8 Å². The highest BCUT2D eigenvalue weighted by Gasteiger charge is 2.40. The molecule has 2 atom stereocenters. The maximum atomic E-state index is 14.9. The number of aryl methyl sites for hydroxylation is 1. The van der Waals surface area contributed by atoms with E-state index >= 15 is 0 Å². The standard InChI is InChI=1S/C29H28FN7O4/c1-31-20-8-15(30)7-16-23-25(37-12-21-22(13-37)41-5-4-35(21)2)18(10-32-27(23)34-24(16)20)14-6-17-26(38)19(29(39)40)11-36(3)28(17)33-9-14/h6-11,21-22,31H,4-5,12-13H2,1-3H3,(H,32,34)(H,39,40)/t21-,22+/m0/s1. The minimum Gasteiger partial charge on any atom is -0.477 e. The first-order valence-corrected chi connectivity index (χ1v) is 13.4. The molecule has 0 spiro atoms. The number of halogens is 1. The number of likely N-dealkylation sites (N-methyl/N-ethyl adjacent to an activating group) is 1. The van der Waals surface area contributed by atoms with E-state index in [-0.39, 0.29) is 28.9 Å². The van der Waals surface area contributed by atoms with Gasteiger partial charge in [0.05, 0.1) is 46.4 Å². The molecule has 0 amide bonds. The fraction of sp³-hybridized carbons (Fsp3) is 0.310. The van der Waals surface area contributed by atoms with Crippen LogP contribution < -0.4 is 15.6 Å². The van der Waals surface area contributed by atoms with Gasteiger partial charge in [0.1, 0.15) is 22.7 Å². The molecule has 2 aliphatic rings. The molecule has 0 bridgehead atoms. The first-order valence-electron chi connectivity index (χ1n) is 13.4. The fourth-order valence-corrected chi connectivity index (χ4v) is 6.35. The summed E-state index contributed by atoms with van der Waals surface area (Å²) in [4.78, 5) is 42.1. The van der Waals surface area contributed by atoms with E-state index in [1.165, 1.54) is 22.9 Å². The lowest BCUT2D eigenvalue weighted by Crippen LogP contribution is -2.48. The predicted molar refractivity (Wildman–Crippen MR) is 154 cm³/mol. The number of aromatic amines is 1. The highest BCUT2D eigenvalue weighted by atomic mass is 19.1. The van der Waals surface area contributed by atoms with E-state index in [1.807, 2.05) is 0 Å². The molecule has 3 N–H and O–H groups in total. The molecular formula is C29H28FN7O4. The van der Waals surface area contributed by atoms with E-state index in [4.69, 9.17) is 9.72 Å². The Morgan fingerprint density at radius 2 is 2.00 bits per heavy atom. The summed E-state index contributed by atoms with van der Waals surface area (Å²) in [6.07, 6.45) is 4.67. The molecule has 2 aliphatic heterocycles. The van der Waals surface area contributed by atoms with Crippen LogP contribution in [0, 0.1) is 5.82 Å². The number of H-pyrrole nitrogens is 1. The number of ether oxygens (including phenoxy) is 1. The molecule has 5 aromatic rings. The van der Waals surface area contributed by atoms with Gasteiger partial charge in [-0.05, 0) is 25.2 Å². The van der Waals surface area contributed by atoms with Crippen molar-refractivity contribution in [2.45, 2.75) is 12.1 Å². The molecule has 11 nitrogen and oxygen atoms in total. The molecule has 0 unspecified atom stereocenters. The van der Waals surface area contributed by atoms with Gasteiger partial charge in [-0.25, -0.2) is 19.2 Å². The summed E-state index contributed by atoms with van der Waals surface area (Å²) < 4.78 is 22.5. The number of hydrogen-bond donors (Lipinski definition) is 3. The molecule has 2 fully saturated rings. The SMILES string of the molecule is CNc1cc(F)cc2c1[nH]c1ncc(-c3cnc4c(c3)c(=O)c(C(=O)O)cn4C)c(N3C[C@H]4OCCN(C)[C@H]4C3)c12. The summed E-state index contributed by atoms with van der Waals surface area (Å²) in [7, 11) is 5.49. The van der Waals surface area contributed by atoms with E-state index in [0.29, 0.717) is 53.2 Å². The second-order valence-electron chi connectivity index (χ2n) is 10.7. The van der Waals surface area contributed by atoms with Crippen LogP contribution in [0.4, 0.5) is 15.8 Å². The Kier molecular flexibility index (Phi) is 5.73. The number of anilines is 2. The molecule has 210 valence electrons. The lowest BCUT2D eigenvalue weighted by atomic mass is 10.0. The summed E-state index contributed by atoms with van der Waals surface area (Å²) in [6, 6.07) is 4.79. The highest BCUT2D eigenvalue weighted by molar-refractivity contribution is 6.18. The van der Waals surface area contributed by atoms with Crippen LogP contribution in [0.2, 0.25) is 0 Å². The Labute approximate surface area is 233 Å². The van der Waals surface area contributed by atoms with Crippen LogP contribution in [0.5, 0.6) is 0 Å². The number of pyridine rings is 3. The van der Waals surface area contributed by atoms with E-state index in [1.54, 1.807) is 32.6 Å². The number of fused-ring (bicyclic) bond motifs is 5. The maximum absolute atomic E-state index is 14.9. The summed E-state index contributed by atoms with van der Waals surface area (Å²) in [5, 5.41) is 14.3. The summed E-state index contributed by atoms with van der Waals surface area (Å²) in [6.45, 7) is 2.78. The van der Waals surface area contributed by atoms with Gasteiger partial charge in [-0.2, -0.15) is 0 Å². The third kappa shape index (κ3) is 3.85. The molecule has 6 heterocycles. The third-order valence-electron chi connectivity index (χ3n) is 8.39. The lowest BCUT2D eigenvalue weighted by molar-refractivity contribution is -0.0362. The van der Waals surface area contributed by atoms with Gasteiger partial charge in [-0.15, -0.1) is 0 Å². The number of aromatic carboxylic acids is 1. The van der Waals surface area contributed by atoms with Crippen LogP contribution in [0.3, 0.4) is 0 Å². The summed E-state index contributed by atoms with van der Waals surface area (Å²) in [5.41, 5.74) is 3.51. The Morgan fingerprint density at radius 3 is 2.76 bits per heavy atom. The van der Waals surface area contributed by atoms with Crippen molar-refractivity contribution in [3.63, 3.8) is 0 Å². The molecule has 7 rings (SSSR count). The first-order chi connectivity index (χ1) is 19.7. The zero-order valence-corrected chi connectivity index (χ0v) is 22.7. The second kappa shape index (κ2) is 9.25. The number of benzene rings is 1. The number of nitrogens with zero attached hydrogens (tertiary/aromatic N) is 5. The van der Waals surface area contributed by atoms with Gasteiger partial charge in [0.25, 0.3) is 0 Å². The average molecular weight is 558 g/mol. The molecule has 4 aromatic heterocycles. The number of aromatic nitrogens is 4. The monoisotopic (exact) mass is 557 g/mol. The van der Waals surface area contributed by atoms with Crippen LogP contribution in [0.1, 0.15) is 10.4 Å². The average Bonchev–Trinajstić information content (AvgIpc) is 3.56. The molecule has 0 aliphatic carbocycles. The molecular weight excluding hydrogens is 529 g/mol. The van der Waals surface area contributed by atoms with Gasteiger partial charge >= 0.3 is 5.97 Å². The van der Waals surface area contributed by atoms with Crippen molar-refractivity contribution in [2.75, 3.05) is 50.6 Å². The van der Waals surface area contributed by atoms with Gasteiger partial charge in [0.15, 0.2) is 0 Å². The zero-order valence-electron chi connectivity index (χ0n) is 22.7. The van der Waals surface area contributed by atoms with Gasteiger partial charge in [-0.3, -0.25) is 9.69 Å². The molecule has 41 heavy (non-hydrogen) atoms. The van der Waals surface area contributed by atoms with E-state index in [2.05, 4.69) is 32.1 Å². The molecule has 0 radical (unpaired) electrons. The number of nitrogens with one attached hydrogen (secondary N) is 2. The largest absolute Gasteiger partial charge is 0.477 e.